The summed E-state index contributed by atoms with van der Waals surface area (Å²) in [4.78, 5) is 30.0. The predicted octanol–water partition coefficient (Wildman–Crippen LogP) is 1.05. The first-order valence-corrected chi connectivity index (χ1v) is 9.43. The number of fused-ring (bicyclic) bond motifs is 1. The highest BCUT2D eigenvalue weighted by atomic mass is 16.5. The zero-order valence-electron chi connectivity index (χ0n) is 17.3. The number of likely N-dealkylation sites (N-methyl/N-ethyl adjacent to an activating group) is 1. The lowest BCUT2D eigenvalue weighted by molar-refractivity contribution is -0.127. The molecule has 1 atom stereocenters. The van der Waals surface area contributed by atoms with Crippen LogP contribution in [0.25, 0.3) is 0 Å². The van der Waals surface area contributed by atoms with Gasteiger partial charge < -0.3 is 25.6 Å². The largest absolute Gasteiger partial charge is 0.493 e. The lowest BCUT2D eigenvalue weighted by Gasteiger charge is -2.28. The van der Waals surface area contributed by atoms with Gasteiger partial charge in [0, 0.05) is 31.6 Å². The second kappa shape index (κ2) is 9.43. The summed E-state index contributed by atoms with van der Waals surface area (Å²) < 4.78 is 5.69. The first-order chi connectivity index (χ1) is 13.2. The molecule has 0 radical (unpaired) electrons. The molecule has 0 bridgehead atoms. The molecule has 0 saturated heterocycles. The highest BCUT2D eigenvalue weighted by Gasteiger charge is 2.22. The molecule has 1 unspecified atom stereocenters. The Balaban J connectivity index is 2.11. The number of hydrogen-bond donors (Lipinski definition) is 3. The van der Waals surface area contributed by atoms with E-state index in [1.807, 2.05) is 45.0 Å². The monoisotopic (exact) mass is 389 g/mol. The van der Waals surface area contributed by atoms with Crippen LogP contribution in [0, 0.1) is 0 Å². The van der Waals surface area contributed by atoms with E-state index in [1.54, 1.807) is 14.1 Å². The van der Waals surface area contributed by atoms with E-state index in [0.29, 0.717) is 12.6 Å². The number of nitrogens with zero attached hydrogens (tertiary/aromatic N) is 2. The van der Waals surface area contributed by atoms with Crippen molar-refractivity contribution in [2.45, 2.75) is 38.8 Å². The second-order valence-electron chi connectivity index (χ2n) is 7.98. The Kier molecular flexibility index (Phi) is 7.25. The first kappa shape index (κ1) is 21.5. The van der Waals surface area contributed by atoms with Gasteiger partial charge in [0.05, 0.1) is 19.2 Å². The third kappa shape index (κ3) is 6.75. The fourth-order valence-electron chi connectivity index (χ4n) is 2.74. The number of rotatable bonds is 5. The van der Waals surface area contributed by atoms with E-state index in [2.05, 4.69) is 20.9 Å². The molecular formula is C20H31N5O3. The number of hydrogen-bond acceptors (Lipinski definition) is 4. The normalized spacial score (nSPS) is 16.5. The SMILES string of the molecule is CN(C)C(=O)CNC(=NCC(=O)NC(C)(C)C)NC1CCOc2ccccc21. The van der Waals surface area contributed by atoms with Crippen LogP contribution in [0.5, 0.6) is 5.75 Å². The van der Waals surface area contributed by atoms with E-state index in [-0.39, 0.29) is 36.5 Å². The van der Waals surface area contributed by atoms with Gasteiger partial charge >= 0.3 is 0 Å². The Hall–Kier alpha value is -2.77. The molecule has 1 heterocycles. The van der Waals surface area contributed by atoms with E-state index in [4.69, 9.17) is 4.74 Å². The smallest absolute Gasteiger partial charge is 0.242 e. The summed E-state index contributed by atoms with van der Waals surface area (Å²) in [6, 6.07) is 7.80. The summed E-state index contributed by atoms with van der Waals surface area (Å²) >= 11 is 0. The van der Waals surface area contributed by atoms with Crippen molar-refractivity contribution < 1.29 is 14.3 Å². The van der Waals surface area contributed by atoms with E-state index in [0.717, 1.165) is 17.7 Å². The minimum atomic E-state index is -0.325. The van der Waals surface area contributed by atoms with Gasteiger partial charge in [-0.1, -0.05) is 18.2 Å². The molecule has 0 aromatic heterocycles. The zero-order valence-corrected chi connectivity index (χ0v) is 17.3. The Bertz CT molecular complexity index is 725. The van der Waals surface area contributed by atoms with Crippen LogP contribution in [-0.4, -0.2) is 62.0 Å². The number of para-hydroxylation sites is 1. The van der Waals surface area contributed by atoms with Crippen LogP contribution >= 0.6 is 0 Å². The maximum atomic E-state index is 12.1. The van der Waals surface area contributed by atoms with Crippen molar-refractivity contribution in [3.05, 3.63) is 29.8 Å². The van der Waals surface area contributed by atoms with Crippen LogP contribution in [0.15, 0.2) is 29.3 Å². The molecule has 0 aliphatic carbocycles. The molecule has 1 aromatic carbocycles. The Labute approximate surface area is 166 Å². The van der Waals surface area contributed by atoms with Crippen LogP contribution < -0.4 is 20.7 Å². The lowest BCUT2D eigenvalue weighted by Crippen LogP contribution is -2.46. The van der Waals surface area contributed by atoms with Gasteiger partial charge in [0.2, 0.25) is 11.8 Å². The summed E-state index contributed by atoms with van der Waals surface area (Å²) in [6.07, 6.45) is 0.757. The summed E-state index contributed by atoms with van der Waals surface area (Å²) in [5.74, 6) is 0.988. The molecule has 1 aliphatic rings. The first-order valence-electron chi connectivity index (χ1n) is 9.43. The molecule has 28 heavy (non-hydrogen) atoms. The minimum absolute atomic E-state index is 0.0173. The van der Waals surface area contributed by atoms with E-state index < -0.39 is 0 Å². The van der Waals surface area contributed by atoms with Gasteiger partial charge in [-0.25, -0.2) is 4.99 Å². The van der Waals surface area contributed by atoms with Gasteiger partial charge in [-0.05, 0) is 26.8 Å². The highest BCUT2D eigenvalue weighted by molar-refractivity contribution is 5.88. The summed E-state index contributed by atoms with van der Waals surface area (Å²) in [6.45, 7) is 6.39. The number of ether oxygens (including phenoxy) is 1. The standard InChI is InChI=1S/C20H31N5O3/c1-20(2,3)24-17(26)12-21-19(22-13-18(27)25(4)5)23-15-10-11-28-16-9-7-6-8-14(15)16/h6-9,15H,10-13H2,1-5H3,(H,24,26)(H2,21,22,23). The second-order valence-corrected chi connectivity index (χ2v) is 7.98. The average Bonchev–Trinajstić information content (AvgIpc) is 2.62. The van der Waals surface area contributed by atoms with Gasteiger partial charge in [0.15, 0.2) is 5.96 Å². The molecule has 8 nitrogen and oxygen atoms in total. The molecule has 0 spiro atoms. The van der Waals surface area contributed by atoms with Gasteiger partial charge in [-0.3, -0.25) is 9.59 Å². The van der Waals surface area contributed by atoms with Gasteiger partial charge in [-0.2, -0.15) is 0 Å². The molecule has 1 aromatic rings. The van der Waals surface area contributed by atoms with Crippen LogP contribution in [-0.2, 0) is 9.59 Å². The van der Waals surface area contributed by atoms with Crippen LogP contribution in [0.2, 0.25) is 0 Å². The van der Waals surface area contributed by atoms with Crippen molar-refractivity contribution in [3.8, 4) is 5.75 Å². The Morgan fingerprint density at radius 3 is 2.64 bits per heavy atom. The third-order valence-corrected chi connectivity index (χ3v) is 4.07. The number of carbonyl (C=O) groups excluding carboxylic acids is 2. The molecule has 8 heteroatoms. The van der Waals surface area contributed by atoms with Crippen molar-refractivity contribution in [1.82, 2.24) is 20.9 Å². The van der Waals surface area contributed by atoms with Crippen LogP contribution in [0.1, 0.15) is 38.8 Å². The topological polar surface area (TPSA) is 95.1 Å². The Morgan fingerprint density at radius 1 is 1.25 bits per heavy atom. The number of nitrogens with one attached hydrogen (secondary N) is 3. The highest BCUT2D eigenvalue weighted by Crippen LogP contribution is 2.31. The fraction of sp³-hybridized carbons (Fsp3) is 0.550. The number of amides is 2. The Morgan fingerprint density at radius 2 is 1.96 bits per heavy atom. The summed E-state index contributed by atoms with van der Waals surface area (Å²) in [5, 5.41) is 9.24. The summed E-state index contributed by atoms with van der Waals surface area (Å²) in [7, 11) is 3.39. The molecule has 0 saturated carbocycles. The number of carbonyl (C=O) groups is 2. The van der Waals surface area contributed by atoms with Crippen molar-refractivity contribution >= 4 is 17.8 Å². The average molecular weight is 390 g/mol. The quantitative estimate of drug-likeness (QED) is 0.517. The fourth-order valence-corrected chi connectivity index (χ4v) is 2.74. The summed E-state index contributed by atoms with van der Waals surface area (Å²) in [5.41, 5.74) is 0.704. The number of aliphatic imine (C=N–C) groups is 1. The molecule has 2 rings (SSSR count). The maximum absolute atomic E-state index is 12.1. The molecule has 1 aliphatic heterocycles. The van der Waals surface area contributed by atoms with Gasteiger partial charge in [0.25, 0.3) is 0 Å². The lowest BCUT2D eigenvalue weighted by atomic mass is 10.0. The molecule has 0 fully saturated rings. The van der Waals surface area contributed by atoms with E-state index in [1.165, 1.54) is 4.90 Å². The maximum Gasteiger partial charge on any atom is 0.242 e. The third-order valence-electron chi connectivity index (χ3n) is 4.07. The van der Waals surface area contributed by atoms with Crippen molar-refractivity contribution in [2.75, 3.05) is 33.8 Å². The van der Waals surface area contributed by atoms with Crippen molar-refractivity contribution in [1.29, 1.82) is 0 Å². The van der Waals surface area contributed by atoms with Crippen LogP contribution in [0.4, 0.5) is 0 Å². The minimum Gasteiger partial charge on any atom is -0.493 e. The van der Waals surface area contributed by atoms with Crippen LogP contribution in [0.3, 0.4) is 0 Å². The number of guanidine groups is 1. The van der Waals surface area contributed by atoms with Crippen molar-refractivity contribution in [2.24, 2.45) is 4.99 Å². The molecule has 154 valence electrons. The van der Waals surface area contributed by atoms with Crippen molar-refractivity contribution in [3.63, 3.8) is 0 Å². The zero-order chi connectivity index (χ0) is 20.7. The molecule has 3 N–H and O–H groups in total. The number of benzene rings is 1. The van der Waals surface area contributed by atoms with E-state index >= 15 is 0 Å². The van der Waals surface area contributed by atoms with Gasteiger partial charge in [-0.15, -0.1) is 0 Å². The molecule has 2 amide bonds. The molecular weight excluding hydrogens is 358 g/mol. The van der Waals surface area contributed by atoms with Gasteiger partial charge in [0.1, 0.15) is 12.3 Å². The van der Waals surface area contributed by atoms with E-state index in [9.17, 15) is 9.59 Å². The predicted molar refractivity (Wildman–Crippen MR) is 109 cm³/mol.